The van der Waals surface area contributed by atoms with Crippen LogP contribution in [0.4, 0.5) is 10.2 Å². The number of aliphatic hydroxyl groups is 1. The zero-order valence-electron chi connectivity index (χ0n) is 15.7. The molecule has 0 aliphatic carbocycles. The lowest BCUT2D eigenvalue weighted by Gasteiger charge is -2.46. The number of piperazine rings is 1. The number of hydrogen-bond donors (Lipinski definition) is 2. The van der Waals surface area contributed by atoms with Gasteiger partial charge in [0.1, 0.15) is 11.9 Å². The van der Waals surface area contributed by atoms with Crippen LogP contribution >= 0.6 is 11.6 Å². The topological polar surface area (TPSA) is 70.5 Å². The Hall–Kier alpha value is -1.70. The maximum atomic E-state index is 14.8. The van der Waals surface area contributed by atoms with Crippen LogP contribution in [0.1, 0.15) is 32.9 Å². The predicted molar refractivity (Wildman–Crippen MR) is 103 cm³/mol. The number of ether oxygens (including phenoxy) is 1. The third kappa shape index (κ3) is 3.02. The molecule has 0 saturated carbocycles. The van der Waals surface area contributed by atoms with Crippen LogP contribution in [0.3, 0.4) is 0 Å². The zero-order chi connectivity index (χ0) is 19.3. The first kappa shape index (κ1) is 18.7. The van der Waals surface area contributed by atoms with Crippen molar-refractivity contribution in [1.82, 2.24) is 15.3 Å². The molecule has 4 heterocycles. The fourth-order valence-electron chi connectivity index (χ4n) is 4.37. The van der Waals surface area contributed by atoms with Gasteiger partial charge in [0.2, 0.25) is 5.88 Å². The zero-order valence-corrected chi connectivity index (χ0v) is 16.4. The normalized spacial score (nSPS) is 27.3. The molecule has 0 bridgehead atoms. The van der Waals surface area contributed by atoms with E-state index in [0.717, 1.165) is 13.0 Å². The first-order valence-electron chi connectivity index (χ1n) is 9.43. The maximum absolute atomic E-state index is 14.8. The van der Waals surface area contributed by atoms with Crippen molar-refractivity contribution in [2.24, 2.45) is 0 Å². The van der Waals surface area contributed by atoms with Crippen molar-refractivity contribution >= 4 is 28.2 Å². The van der Waals surface area contributed by atoms with E-state index in [0.29, 0.717) is 34.6 Å². The SMILES string of the molecule is CC[C@@H]1NC(C)CN2c3nc(CCO)cc4c(F)c(Cl)nc(c34)OC(C)C12. The van der Waals surface area contributed by atoms with Gasteiger partial charge in [0.05, 0.1) is 11.4 Å². The molecule has 146 valence electrons. The van der Waals surface area contributed by atoms with E-state index >= 15 is 0 Å². The third-order valence-corrected chi connectivity index (χ3v) is 5.73. The summed E-state index contributed by atoms with van der Waals surface area (Å²) in [6.45, 7) is 6.94. The van der Waals surface area contributed by atoms with Crippen molar-refractivity contribution in [1.29, 1.82) is 0 Å². The van der Waals surface area contributed by atoms with Gasteiger partial charge in [-0.15, -0.1) is 0 Å². The molecule has 2 aromatic heterocycles. The molecule has 0 spiro atoms. The van der Waals surface area contributed by atoms with Gasteiger partial charge in [0.15, 0.2) is 11.0 Å². The molecular weight excluding hydrogens is 371 g/mol. The van der Waals surface area contributed by atoms with Gasteiger partial charge in [-0.05, 0) is 26.3 Å². The van der Waals surface area contributed by atoms with E-state index in [4.69, 9.17) is 21.3 Å². The van der Waals surface area contributed by atoms with Crippen LogP contribution in [0.25, 0.3) is 10.8 Å². The maximum Gasteiger partial charge on any atom is 0.227 e. The van der Waals surface area contributed by atoms with Crippen molar-refractivity contribution in [3.05, 3.63) is 22.7 Å². The molecule has 6 nitrogen and oxygen atoms in total. The Morgan fingerprint density at radius 3 is 2.89 bits per heavy atom. The molecule has 0 aromatic carbocycles. The lowest BCUT2D eigenvalue weighted by Crippen LogP contribution is -2.65. The van der Waals surface area contributed by atoms with Gasteiger partial charge < -0.3 is 20.1 Å². The van der Waals surface area contributed by atoms with Gasteiger partial charge in [0, 0.05) is 42.7 Å². The van der Waals surface area contributed by atoms with Crippen LogP contribution in [0, 0.1) is 5.82 Å². The smallest absolute Gasteiger partial charge is 0.227 e. The summed E-state index contributed by atoms with van der Waals surface area (Å²) in [4.78, 5) is 11.2. The minimum absolute atomic E-state index is 0.0299. The van der Waals surface area contributed by atoms with Gasteiger partial charge in [-0.25, -0.2) is 9.37 Å². The summed E-state index contributed by atoms with van der Waals surface area (Å²) >= 11 is 6.05. The van der Waals surface area contributed by atoms with Crippen LogP contribution in [0.2, 0.25) is 5.15 Å². The molecule has 1 saturated heterocycles. The Labute approximate surface area is 162 Å². The summed E-state index contributed by atoms with van der Waals surface area (Å²) in [5, 5.41) is 13.7. The quantitative estimate of drug-likeness (QED) is 0.780. The molecule has 2 aromatic rings. The van der Waals surface area contributed by atoms with Gasteiger partial charge in [-0.2, -0.15) is 4.98 Å². The molecule has 0 amide bonds. The van der Waals surface area contributed by atoms with E-state index in [1.165, 1.54) is 0 Å². The summed E-state index contributed by atoms with van der Waals surface area (Å²) < 4.78 is 21.0. The lowest BCUT2D eigenvalue weighted by molar-refractivity contribution is 0.140. The Morgan fingerprint density at radius 1 is 1.41 bits per heavy atom. The monoisotopic (exact) mass is 394 g/mol. The molecule has 2 aliphatic rings. The molecule has 1 fully saturated rings. The first-order valence-corrected chi connectivity index (χ1v) is 9.81. The Bertz CT molecular complexity index is 881. The molecule has 0 radical (unpaired) electrons. The van der Waals surface area contributed by atoms with Gasteiger partial charge in [-0.3, -0.25) is 0 Å². The minimum Gasteiger partial charge on any atom is -0.472 e. The average Bonchev–Trinajstić information content (AvgIpc) is 2.75. The summed E-state index contributed by atoms with van der Waals surface area (Å²) in [5.41, 5.74) is 0.625. The highest BCUT2D eigenvalue weighted by Crippen LogP contribution is 2.42. The highest BCUT2D eigenvalue weighted by molar-refractivity contribution is 6.30. The van der Waals surface area contributed by atoms with Crippen LogP contribution < -0.4 is 15.0 Å². The average molecular weight is 395 g/mol. The second kappa shape index (κ2) is 7.04. The second-order valence-corrected chi connectivity index (χ2v) is 7.76. The van der Waals surface area contributed by atoms with Crippen molar-refractivity contribution in [3.8, 4) is 5.88 Å². The number of pyridine rings is 2. The van der Waals surface area contributed by atoms with E-state index in [9.17, 15) is 9.50 Å². The Kier molecular flexibility index (Phi) is 4.86. The molecule has 2 N–H and O–H groups in total. The number of fused-ring (bicyclic) bond motifs is 2. The Morgan fingerprint density at radius 2 is 2.19 bits per heavy atom. The number of halogens is 2. The van der Waals surface area contributed by atoms with Crippen LogP contribution in [-0.2, 0) is 6.42 Å². The fourth-order valence-corrected chi connectivity index (χ4v) is 4.55. The summed E-state index contributed by atoms with van der Waals surface area (Å²) in [5.74, 6) is 0.400. The molecule has 2 aliphatic heterocycles. The minimum atomic E-state index is -0.580. The standard InChI is InChI=1S/C19H24ClFN4O2/c1-4-13-16-10(3)27-19-14-12(15(21)17(20)24-19)7-11(5-6-26)23-18(14)25(16)8-9(2)22-13/h7,9-10,13,16,22,26H,4-6,8H2,1-3H3/t9?,10?,13-,16?/m0/s1. The van der Waals surface area contributed by atoms with E-state index in [1.54, 1.807) is 6.07 Å². The largest absolute Gasteiger partial charge is 0.472 e. The van der Waals surface area contributed by atoms with E-state index in [2.05, 4.69) is 29.0 Å². The number of nitrogens with zero attached hydrogens (tertiary/aromatic N) is 3. The number of hydrogen-bond acceptors (Lipinski definition) is 6. The molecule has 4 rings (SSSR count). The number of nitrogens with one attached hydrogen (secondary N) is 1. The van der Waals surface area contributed by atoms with Crippen molar-refractivity contribution in [2.75, 3.05) is 18.1 Å². The molecule has 3 unspecified atom stereocenters. The Balaban J connectivity index is 2.00. The van der Waals surface area contributed by atoms with Gasteiger partial charge in [-0.1, -0.05) is 18.5 Å². The summed E-state index contributed by atoms with van der Waals surface area (Å²) in [6, 6.07) is 2.13. The first-order chi connectivity index (χ1) is 12.9. The van der Waals surface area contributed by atoms with Crippen molar-refractivity contribution in [3.63, 3.8) is 0 Å². The molecule has 4 atom stereocenters. The van der Waals surface area contributed by atoms with E-state index in [1.807, 2.05) is 6.92 Å². The summed E-state index contributed by atoms with van der Waals surface area (Å²) in [6.07, 6.45) is 1.09. The lowest BCUT2D eigenvalue weighted by atomic mass is 9.94. The van der Waals surface area contributed by atoms with E-state index < -0.39 is 5.82 Å². The number of rotatable bonds is 3. The molecular formula is C19H24ClFN4O2. The number of aromatic nitrogens is 2. The number of aliphatic hydroxyl groups excluding tert-OH is 1. The van der Waals surface area contributed by atoms with Crippen molar-refractivity contribution in [2.45, 2.75) is 57.8 Å². The van der Waals surface area contributed by atoms with Gasteiger partial charge in [0.25, 0.3) is 0 Å². The fraction of sp³-hybridized carbons (Fsp3) is 0.579. The molecule has 27 heavy (non-hydrogen) atoms. The summed E-state index contributed by atoms with van der Waals surface area (Å²) in [7, 11) is 0. The number of anilines is 1. The van der Waals surface area contributed by atoms with Crippen LogP contribution in [0.5, 0.6) is 5.88 Å². The van der Waals surface area contributed by atoms with Crippen LogP contribution in [0.15, 0.2) is 6.07 Å². The van der Waals surface area contributed by atoms with Gasteiger partial charge >= 0.3 is 0 Å². The third-order valence-electron chi connectivity index (χ3n) is 5.48. The second-order valence-electron chi connectivity index (χ2n) is 7.40. The van der Waals surface area contributed by atoms with E-state index in [-0.39, 0.29) is 36.0 Å². The van der Waals surface area contributed by atoms with Crippen LogP contribution in [-0.4, -0.2) is 52.5 Å². The molecule has 8 heteroatoms. The highest BCUT2D eigenvalue weighted by atomic mass is 35.5. The highest BCUT2D eigenvalue weighted by Gasteiger charge is 2.42. The predicted octanol–water partition coefficient (Wildman–Crippen LogP) is 2.68. The van der Waals surface area contributed by atoms with Crippen molar-refractivity contribution < 1.29 is 14.2 Å².